The Kier molecular flexibility index (Phi) is 2.53. The summed E-state index contributed by atoms with van der Waals surface area (Å²) in [5.41, 5.74) is 2.10. The summed E-state index contributed by atoms with van der Waals surface area (Å²) in [6, 6.07) is 8.12. The molecular formula is C13H14N4O. The zero-order valence-electron chi connectivity index (χ0n) is 9.99. The molecule has 2 aromatic rings. The summed E-state index contributed by atoms with van der Waals surface area (Å²) in [4.78, 5) is 4.14. The van der Waals surface area contributed by atoms with Crippen LogP contribution in [0.1, 0.15) is 0 Å². The standard InChI is InChI=1S/C13H14N4O/c1-16-8-5-10-9-11(3-4-12(10)16)15-13-14-6-2-7-17(13)18/h2-9,13,15,18H,1H3. The second-order valence-electron chi connectivity index (χ2n) is 4.24. The molecule has 0 aliphatic carbocycles. The van der Waals surface area contributed by atoms with Crippen LogP contribution in [0, 0.1) is 0 Å². The summed E-state index contributed by atoms with van der Waals surface area (Å²) >= 11 is 0. The molecule has 1 aliphatic heterocycles. The van der Waals surface area contributed by atoms with Gasteiger partial charge in [-0.05, 0) is 30.3 Å². The summed E-state index contributed by atoms with van der Waals surface area (Å²) in [6.07, 6.45) is 6.44. The molecule has 1 aliphatic rings. The minimum absolute atomic E-state index is 0.476. The summed E-state index contributed by atoms with van der Waals surface area (Å²) in [7, 11) is 2.01. The lowest BCUT2D eigenvalue weighted by molar-refractivity contribution is -0.0685. The first-order chi connectivity index (χ1) is 8.74. The molecule has 0 amide bonds. The molecule has 2 N–H and O–H groups in total. The monoisotopic (exact) mass is 242 g/mol. The molecule has 0 saturated heterocycles. The van der Waals surface area contributed by atoms with Crippen LogP contribution in [0.15, 0.2) is 47.7 Å². The van der Waals surface area contributed by atoms with Gasteiger partial charge in [-0.1, -0.05) is 0 Å². The molecule has 92 valence electrons. The van der Waals surface area contributed by atoms with Gasteiger partial charge in [0, 0.05) is 42.2 Å². The van der Waals surface area contributed by atoms with Gasteiger partial charge in [0.15, 0.2) is 0 Å². The summed E-state index contributed by atoms with van der Waals surface area (Å²) in [5.74, 6) is 0. The van der Waals surface area contributed by atoms with Crippen LogP contribution in [0.2, 0.25) is 0 Å². The highest BCUT2D eigenvalue weighted by Gasteiger charge is 2.13. The molecule has 0 spiro atoms. The van der Waals surface area contributed by atoms with Crippen LogP contribution < -0.4 is 5.32 Å². The third-order valence-corrected chi connectivity index (χ3v) is 2.98. The van der Waals surface area contributed by atoms with Crippen molar-refractivity contribution in [2.75, 3.05) is 5.32 Å². The fraction of sp³-hybridized carbons (Fsp3) is 0.154. The van der Waals surface area contributed by atoms with E-state index in [1.54, 1.807) is 18.5 Å². The Balaban J connectivity index is 1.86. The minimum atomic E-state index is -0.476. The first kappa shape index (κ1) is 10.9. The summed E-state index contributed by atoms with van der Waals surface area (Å²) < 4.78 is 2.07. The molecule has 0 radical (unpaired) electrons. The van der Waals surface area contributed by atoms with Crippen molar-refractivity contribution in [3.8, 4) is 0 Å². The Labute approximate surface area is 105 Å². The maximum atomic E-state index is 9.61. The van der Waals surface area contributed by atoms with Crippen molar-refractivity contribution < 1.29 is 5.21 Å². The molecule has 0 fully saturated rings. The van der Waals surface area contributed by atoms with Gasteiger partial charge < -0.3 is 9.88 Å². The number of fused-ring (bicyclic) bond motifs is 1. The van der Waals surface area contributed by atoms with Crippen molar-refractivity contribution in [3.63, 3.8) is 0 Å². The fourth-order valence-corrected chi connectivity index (χ4v) is 2.03. The van der Waals surface area contributed by atoms with Gasteiger partial charge >= 0.3 is 0 Å². The van der Waals surface area contributed by atoms with E-state index in [1.165, 1.54) is 5.52 Å². The van der Waals surface area contributed by atoms with E-state index < -0.39 is 6.29 Å². The zero-order valence-corrected chi connectivity index (χ0v) is 9.99. The number of anilines is 1. The first-order valence-electron chi connectivity index (χ1n) is 5.73. The highest BCUT2D eigenvalue weighted by atomic mass is 16.5. The number of benzene rings is 1. The van der Waals surface area contributed by atoms with Crippen LogP contribution in [-0.2, 0) is 7.05 Å². The Morgan fingerprint density at radius 3 is 3.06 bits per heavy atom. The van der Waals surface area contributed by atoms with Crippen LogP contribution in [0.25, 0.3) is 10.9 Å². The van der Waals surface area contributed by atoms with Crippen LogP contribution in [0.4, 0.5) is 5.69 Å². The van der Waals surface area contributed by atoms with E-state index >= 15 is 0 Å². The SMILES string of the molecule is Cn1ccc2cc(NC3N=CC=CN3O)ccc21. The van der Waals surface area contributed by atoms with E-state index in [0.29, 0.717) is 0 Å². The number of aryl methyl sites for hydroxylation is 1. The Hall–Kier alpha value is -2.27. The quantitative estimate of drug-likeness (QED) is 0.848. The van der Waals surface area contributed by atoms with E-state index in [9.17, 15) is 5.21 Å². The van der Waals surface area contributed by atoms with Crippen LogP contribution in [-0.4, -0.2) is 27.3 Å². The molecule has 0 saturated carbocycles. The maximum absolute atomic E-state index is 9.61. The average Bonchev–Trinajstić information content (AvgIpc) is 2.74. The van der Waals surface area contributed by atoms with Crippen molar-refractivity contribution in [2.45, 2.75) is 6.29 Å². The van der Waals surface area contributed by atoms with Crippen molar-refractivity contribution in [3.05, 3.63) is 42.7 Å². The topological polar surface area (TPSA) is 52.8 Å². The largest absolute Gasteiger partial charge is 0.351 e. The minimum Gasteiger partial charge on any atom is -0.351 e. The maximum Gasteiger partial charge on any atom is 0.218 e. The number of aliphatic imine (C=N–C) groups is 1. The normalized spacial score (nSPS) is 18.6. The van der Waals surface area contributed by atoms with Gasteiger partial charge in [0.25, 0.3) is 0 Å². The van der Waals surface area contributed by atoms with Crippen LogP contribution >= 0.6 is 0 Å². The van der Waals surface area contributed by atoms with E-state index in [0.717, 1.165) is 16.1 Å². The molecule has 1 atom stereocenters. The second-order valence-corrected chi connectivity index (χ2v) is 4.24. The molecule has 0 bridgehead atoms. The number of hydrogen-bond acceptors (Lipinski definition) is 4. The average molecular weight is 242 g/mol. The highest BCUT2D eigenvalue weighted by Crippen LogP contribution is 2.21. The Bertz CT molecular complexity index is 629. The highest BCUT2D eigenvalue weighted by molar-refractivity contribution is 5.83. The molecule has 5 heteroatoms. The lowest BCUT2D eigenvalue weighted by Crippen LogP contribution is -2.34. The van der Waals surface area contributed by atoms with E-state index in [4.69, 9.17) is 0 Å². The number of nitrogens with one attached hydrogen (secondary N) is 1. The lowest BCUT2D eigenvalue weighted by Gasteiger charge is -2.24. The van der Waals surface area contributed by atoms with Crippen molar-refractivity contribution in [1.29, 1.82) is 0 Å². The predicted molar refractivity (Wildman–Crippen MR) is 71.6 cm³/mol. The third kappa shape index (κ3) is 1.84. The number of hydroxylamine groups is 2. The number of nitrogens with zero attached hydrogens (tertiary/aromatic N) is 3. The number of hydrogen-bond donors (Lipinski definition) is 2. The number of allylic oxidation sites excluding steroid dienone is 1. The molecule has 5 nitrogen and oxygen atoms in total. The summed E-state index contributed by atoms with van der Waals surface area (Å²) in [5, 5.41) is 15.0. The predicted octanol–water partition coefficient (Wildman–Crippen LogP) is 2.16. The first-order valence-corrected chi connectivity index (χ1v) is 5.73. The van der Waals surface area contributed by atoms with Gasteiger partial charge in [0.2, 0.25) is 6.29 Å². The smallest absolute Gasteiger partial charge is 0.218 e. The fourth-order valence-electron chi connectivity index (χ4n) is 2.03. The van der Waals surface area contributed by atoms with Gasteiger partial charge in [-0.3, -0.25) is 5.21 Å². The van der Waals surface area contributed by atoms with Crippen molar-refractivity contribution >= 4 is 22.8 Å². The third-order valence-electron chi connectivity index (χ3n) is 2.98. The Morgan fingerprint density at radius 2 is 2.22 bits per heavy atom. The number of aromatic nitrogens is 1. The second kappa shape index (κ2) is 4.19. The van der Waals surface area contributed by atoms with E-state index in [2.05, 4.69) is 20.9 Å². The molecule has 2 heterocycles. The zero-order chi connectivity index (χ0) is 12.5. The molecule has 3 rings (SSSR count). The Morgan fingerprint density at radius 1 is 1.33 bits per heavy atom. The van der Waals surface area contributed by atoms with Gasteiger partial charge in [-0.15, -0.1) is 0 Å². The van der Waals surface area contributed by atoms with Crippen molar-refractivity contribution in [2.24, 2.45) is 12.0 Å². The molecule has 1 aromatic carbocycles. The van der Waals surface area contributed by atoms with Gasteiger partial charge in [0.1, 0.15) is 0 Å². The van der Waals surface area contributed by atoms with Gasteiger partial charge in [-0.25, -0.2) is 10.1 Å². The summed E-state index contributed by atoms with van der Waals surface area (Å²) in [6.45, 7) is 0. The van der Waals surface area contributed by atoms with E-state index in [-0.39, 0.29) is 0 Å². The lowest BCUT2D eigenvalue weighted by atomic mass is 10.2. The van der Waals surface area contributed by atoms with Crippen LogP contribution in [0.3, 0.4) is 0 Å². The molecule has 18 heavy (non-hydrogen) atoms. The van der Waals surface area contributed by atoms with Crippen molar-refractivity contribution in [1.82, 2.24) is 9.63 Å². The molecule has 1 unspecified atom stereocenters. The van der Waals surface area contributed by atoms with Crippen LogP contribution in [0.5, 0.6) is 0 Å². The molecule has 1 aromatic heterocycles. The van der Waals surface area contributed by atoms with Gasteiger partial charge in [-0.2, -0.15) is 0 Å². The van der Waals surface area contributed by atoms with E-state index in [1.807, 2.05) is 31.4 Å². The van der Waals surface area contributed by atoms with Gasteiger partial charge in [0.05, 0.1) is 0 Å². The number of rotatable bonds is 2. The molecular weight excluding hydrogens is 228 g/mol.